The highest BCUT2D eigenvalue weighted by Gasteiger charge is 2.19. The summed E-state index contributed by atoms with van der Waals surface area (Å²) in [5.74, 6) is -0.658. The van der Waals surface area contributed by atoms with Gasteiger partial charge in [0, 0.05) is 19.3 Å². The number of benzene rings is 1. The molecule has 1 aromatic heterocycles. The Labute approximate surface area is 147 Å². The maximum absolute atomic E-state index is 12.6. The van der Waals surface area contributed by atoms with Crippen LogP contribution < -0.4 is 5.73 Å². The quantitative estimate of drug-likeness (QED) is 0.932. The summed E-state index contributed by atoms with van der Waals surface area (Å²) >= 11 is 0. The van der Waals surface area contributed by atoms with Crippen molar-refractivity contribution in [2.75, 3.05) is 13.1 Å². The van der Waals surface area contributed by atoms with Gasteiger partial charge in [-0.3, -0.25) is 14.6 Å². The second kappa shape index (κ2) is 7.47. The van der Waals surface area contributed by atoms with E-state index in [0.717, 1.165) is 42.6 Å². The number of carbonyl (C=O) groups excluding carboxylic acids is 2. The molecule has 0 saturated carbocycles. The van der Waals surface area contributed by atoms with Crippen LogP contribution >= 0.6 is 0 Å². The average molecular weight is 337 g/mol. The van der Waals surface area contributed by atoms with Crippen molar-refractivity contribution in [1.82, 2.24) is 9.88 Å². The molecule has 2 aromatic rings. The number of hydrogen-bond donors (Lipinski definition) is 1. The first kappa shape index (κ1) is 17.1. The Morgan fingerprint density at radius 3 is 2.36 bits per heavy atom. The lowest BCUT2D eigenvalue weighted by atomic mass is 9.97. The van der Waals surface area contributed by atoms with Crippen LogP contribution in [0.4, 0.5) is 0 Å². The van der Waals surface area contributed by atoms with Crippen molar-refractivity contribution in [3.63, 3.8) is 0 Å². The molecule has 0 spiro atoms. The molecule has 0 radical (unpaired) electrons. The van der Waals surface area contributed by atoms with Crippen LogP contribution in [0.2, 0.25) is 0 Å². The molecule has 1 aliphatic rings. The molecule has 5 nitrogen and oxygen atoms in total. The fraction of sp³-hybridized carbons (Fsp3) is 0.350. The lowest BCUT2D eigenvalue weighted by Crippen LogP contribution is -2.36. The van der Waals surface area contributed by atoms with Crippen molar-refractivity contribution < 1.29 is 9.59 Å². The summed E-state index contributed by atoms with van der Waals surface area (Å²) in [6.07, 6.45) is 4.98. The Kier molecular flexibility index (Phi) is 5.12. The molecule has 3 rings (SSSR count). The number of aromatic nitrogens is 1. The second-order valence-electron chi connectivity index (χ2n) is 6.53. The summed E-state index contributed by atoms with van der Waals surface area (Å²) in [4.78, 5) is 30.0. The molecule has 25 heavy (non-hydrogen) atoms. The lowest BCUT2D eigenvalue weighted by Gasteiger charge is -2.26. The summed E-state index contributed by atoms with van der Waals surface area (Å²) in [6, 6.07) is 11.4. The first-order valence-corrected chi connectivity index (χ1v) is 8.71. The molecule has 1 aromatic carbocycles. The number of pyridine rings is 1. The van der Waals surface area contributed by atoms with Crippen molar-refractivity contribution in [2.45, 2.75) is 32.1 Å². The lowest BCUT2D eigenvalue weighted by molar-refractivity contribution is -0.119. The van der Waals surface area contributed by atoms with Gasteiger partial charge in [-0.15, -0.1) is 0 Å². The van der Waals surface area contributed by atoms with Crippen molar-refractivity contribution in [3.05, 3.63) is 53.9 Å². The second-order valence-corrected chi connectivity index (χ2v) is 6.53. The maximum atomic E-state index is 12.6. The van der Waals surface area contributed by atoms with E-state index < -0.39 is 0 Å². The first-order valence-electron chi connectivity index (χ1n) is 8.71. The van der Waals surface area contributed by atoms with Crippen molar-refractivity contribution in [2.24, 2.45) is 5.73 Å². The van der Waals surface area contributed by atoms with Crippen molar-refractivity contribution >= 4 is 11.8 Å². The van der Waals surface area contributed by atoms with Gasteiger partial charge in [0.25, 0.3) is 5.91 Å². The Bertz CT molecular complexity index is 765. The fourth-order valence-electron chi connectivity index (χ4n) is 3.11. The first-order chi connectivity index (χ1) is 12.1. The molecule has 0 bridgehead atoms. The van der Waals surface area contributed by atoms with Gasteiger partial charge in [0.15, 0.2) is 0 Å². The van der Waals surface area contributed by atoms with Crippen LogP contribution in [0.1, 0.15) is 48.2 Å². The molecule has 1 aliphatic heterocycles. The summed E-state index contributed by atoms with van der Waals surface area (Å²) in [5, 5.41) is 0. The molecule has 0 aliphatic carbocycles. The van der Waals surface area contributed by atoms with Crippen LogP contribution in [-0.4, -0.2) is 34.8 Å². The van der Waals surface area contributed by atoms with Gasteiger partial charge in [-0.2, -0.15) is 0 Å². The summed E-state index contributed by atoms with van der Waals surface area (Å²) in [5.41, 5.74) is 8.64. The van der Waals surface area contributed by atoms with Gasteiger partial charge in [0.1, 0.15) is 5.69 Å². The predicted molar refractivity (Wildman–Crippen MR) is 97.0 cm³/mol. The Morgan fingerprint density at radius 1 is 1.04 bits per heavy atom. The van der Waals surface area contributed by atoms with Crippen LogP contribution in [0.5, 0.6) is 0 Å². The minimum absolute atomic E-state index is 0.000482. The Balaban J connectivity index is 1.81. The normalized spacial score (nSPS) is 15.6. The van der Waals surface area contributed by atoms with E-state index in [0.29, 0.717) is 5.69 Å². The summed E-state index contributed by atoms with van der Waals surface area (Å²) in [7, 11) is 0. The summed E-state index contributed by atoms with van der Waals surface area (Å²) < 4.78 is 0. The number of amides is 2. The minimum atomic E-state index is -0.342. The maximum Gasteiger partial charge on any atom is 0.272 e. The number of rotatable bonds is 4. The molecule has 130 valence electrons. The zero-order valence-corrected chi connectivity index (χ0v) is 14.4. The van der Waals surface area contributed by atoms with Gasteiger partial charge in [-0.1, -0.05) is 24.3 Å². The van der Waals surface area contributed by atoms with Gasteiger partial charge in [0.2, 0.25) is 5.91 Å². The number of likely N-dealkylation sites (tertiary alicyclic amines) is 1. The van der Waals surface area contributed by atoms with E-state index in [4.69, 9.17) is 5.73 Å². The zero-order chi connectivity index (χ0) is 17.8. The van der Waals surface area contributed by atoms with E-state index >= 15 is 0 Å². The number of carbonyl (C=O) groups is 2. The van der Waals surface area contributed by atoms with Crippen LogP contribution in [0, 0.1) is 0 Å². The van der Waals surface area contributed by atoms with Crippen LogP contribution in [0.25, 0.3) is 11.1 Å². The molecule has 1 saturated heterocycles. The Hall–Kier alpha value is -2.69. The number of primary amides is 1. The highest BCUT2D eigenvalue weighted by atomic mass is 16.2. The van der Waals surface area contributed by atoms with Crippen molar-refractivity contribution in [1.29, 1.82) is 0 Å². The summed E-state index contributed by atoms with van der Waals surface area (Å²) in [6.45, 7) is 3.41. The zero-order valence-electron chi connectivity index (χ0n) is 14.4. The van der Waals surface area contributed by atoms with E-state index in [1.165, 1.54) is 6.42 Å². The van der Waals surface area contributed by atoms with Gasteiger partial charge in [0.05, 0.1) is 5.92 Å². The predicted octanol–water partition coefficient (Wildman–Crippen LogP) is 2.96. The molecule has 2 amide bonds. The van der Waals surface area contributed by atoms with E-state index in [9.17, 15) is 9.59 Å². The largest absolute Gasteiger partial charge is 0.369 e. The molecule has 5 heteroatoms. The highest BCUT2D eigenvalue weighted by Crippen LogP contribution is 2.23. The highest BCUT2D eigenvalue weighted by molar-refractivity contribution is 5.93. The number of piperidine rings is 1. The molecule has 1 fully saturated rings. The molecule has 2 N–H and O–H groups in total. The molecular weight excluding hydrogens is 314 g/mol. The minimum Gasteiger partial charge on any atom is -0.369 e. The molecule has 2 heterocycles. The van der Waals surface area contributed by atoms with Crippen LogP contribution in [-0.2, 0) is 4.79 Å². The van der Waals surface area contributed by atoms with E-state index in [1.54, 1.807) is 13.1 Å². The van der Waals surface area contributed by atoms with E-state index in [2.05, 4.69) is 4.98 Å². The van der Waals surface area contributed by atoms with Gasteiger partial charge >= 0.3 is 0 Å². The third kappa shape index (κ3) is 3.87. The average Bonchev–Trinajstić information content (AvgIpc) is 2.67. The third-order valence-electron chi connectivity index (χ3n) is 4.79. The molecule has 1 unspecified atom stereocenters. The van der Waals surface area contributed by atoms with Gasteiger partial charge in [-0.05, 0) is 55.0 Å². The monoisotopic (exact) mass is 337 g/mol. The number of hydrogen-bond acceptors (Lipinski definition) is 3. The van der Waals surface area contributed by atoms with Gasteiger partial charge in [-0.25, -0.2) is 0 Å². The number of nitrogens with zero attached hydrogens (tertiary/aromatic N) is 2. The third-order valence-corrected chi connectivity index (χ3v) is 4.79. The molecular formula is C20H23N3O2. The van der Waals surface area contributed by atoms with Crippen LogP contribution in [0.3, 0.4) is 0 Å². The standard InChI is InChI=1S/C20H23N3O2/c1-14(19(21)24)15-5-7-16(8-6-15)17-9-10-22-18(13-17)20(25)23-11-3-2-4-12-23/h5-10,13-14H,2-4,11-12H2,1H3,(H2,21,24). The van der Waals surface area contributed by atoms with Gasteiger partial charge < -0.3 is 10.6 Å². The van der Waals surface area contributed by atoms with E-state index in [1.807, 2.05) is 41.3 Å². The smallest absolute Gasteiger partial charge is 0.272 e. The molecule has 1 atom stereocenters. The SMILES string of the molecule is CC(C(N)=O)c1ccc(-c2ccnc(C(=O)N3CCCCC3)c2)cc1. The van der Waals surface area contributed by atoms with Crippen molar-refractivity contribution in [3.8, 4) is 11.1 Å². The van der Waals surface area contributed by atoms with Crippen LogP contribution in [0.15, 0.2) is 42.6 Å². The fourth-order valence-corrected chi connectivity index (χ4v) is 3.11. The topological polar surface area (TPSA) is 76.3 Å². The van der Waals surface area contributed by atoms with E-state index in [-0.39, 0.29) is 17.7 Å². The number of nitrogens with two attached hydrogens (primary N) is 1. The Morgan fingerprint density at radius 2 is 1.72 bits per heavy atom.